The van der Waals surface area contributed by atoms with Crippen LogP contribution in [-0.4, -0.2) is 23.7 Å². The van der Waals surface area contributed by atoms with E-state index in [1.54, 1.807) is 35.2 Å². The Labute approximate surface area is 209 Å². The summed E-state index contributed by atoms with van der Waals surface area (Å²) in [4.78, 5) is 31.0. The minimum atomic E-state index is -1.28. The van der Waals surface area contributed by atoms with Crippen molar-refractivity contribution in [2.45, 2.75) is 26.7 Å². The second kappa shape index (κ2) is 11.1. The van der Waals surface area contributed by atoms with Gasteiger partial charge in [0.2, 0.25) is 0 Å². The maximum Gasteiger partial charge on any atom is 0.271 e. The Hall–Kier alpha value is -3.84. The summed E-state index contributed by atoms with van der Waals surface area (Å²) in [6, 6.07) is 22.8. The number of amides is 1. The number of ether oxygens (including phenoxy) is 1. The van der Waals surface area contributed by atoms with E-state index in [0.29, 0.717) is 15.8 Å². The lowest BCUT2D eigenvalue weighted by Crippen LogP contribution is -2.28. The molecule has 0 saturated carbocycles. The molecule has 35 heavy (non-hydrogen) atoms. The van der Waals surface area contributed by atoms with Crippen molar-refractivity contribution < 1.29 is 19.4 Å². The third-order valence-electron chi connectivity index (χ3n) is 5.51. The van der Waals surface area contributed by atoms with Crippen LogP contribution in [0.2, 0.25) is 0 Å². The molecule has 1 saturated heterocycles. The summed E-state index contributed by atoms with van der Waals surface area (Å²) in [5, 5.41) is 11.2. The summed E-state index contributed by atoms with van der Waals surface area (Å²) >= 11 is 1.32. The fourth-order valence-corrected chi connectivity index (χ4v) is 4.53. The molecule has 0 atom stereocenters. The normalized spacial score (nSPS) is 15.7. The molecule has 0 aromatic heterocycles. The molecule has 3 aromatic rings. The van der Waals surface area contributed by atoms with Crippen LogP contribution in [0.25, 0.3) is 6.08 Å². The predicted octanol–water partition coefficient (Wildman–Crippen LogP) is 4.75. The van der Waals surface area contributed by atoms with Crippen molar-refractivity contribution in [2.24, 2.45) is 4.99 Å². The van der Waals surface area contributed by atoms with Gasteiger partial charge in [-0.1, -0.05) is 50.2 Å². The molecule has 7 heteroatoms. The number of nitrogens with zero attached hydrogens (tertiary/aromatic N) is 2. The average molecular weight is 486 g/mol. The number of carbonyl (C=O) groups excluding carboxylic acids is 2. The molecule has 1 heterocycles. The molecular weight excluding hydrogens is 460 g/mol. The Bertz CT molecular complexity index is 1260. The molecule has 0 aliphatic carbocycles. The summed E-state index contributed by atoms with van der Waals surface area (Å²) in [6.07, 6.45) is 3.66. The second-order valence-corrected chi connectivity index (χ2v) is 8.92. The molecule has 0 unspecified atom stereocenters. The standard InChI is InChI=1S/C28H26N2O4S/c1-3-19-5-11-22(12-6-19)29-28-30(23-13-7-20(4-2)8-14-23)27(33)25(35-28)17-21-9-15-24(16-10-21)34-18-26(31)32/h5-17H,3-4,18H2,1-2H3,(H,31,32)/p-1. The van der Waals surface area contributed by atoms with Gasteiger partial charge in [-0.05, 0) is 83.8 Å². The Balaban J connectivity index is 1.65. The van der Waals surface area contributed by atoms with E-state index < -0.39 is 12.6 Å². The van der Waals surface area contributed by atoms with Crippen molar-refractivity contribution in [3.63, 3.8) is 0 Å². The lowest BCUT2D eigenvalue weighted by Gasteiger charge is -2.16. The van der Waals surface area contributed by atoms with Gasteiger partial charge in [0.25, 0.3) is 5.91 Å². The average Bonchev–Trinajstić information content (AvgIpc) is 3.18. The minimum absolute atomic E-state index is 0.152. The summed E-state index contributed by atoms with van der Waals surface area (Å²) in [5.41, 5.74) is 4.75. The zero-order chi connectivity index (χ0) is 24.8. The molecule has 1 amide bonds. The summed E-state index contributed by atoms with van der Waals surface area (Å²) in [7, 11) is 0. The number of aliphatic imine (C=N–C) groups is 1. The summed E-state index contributed by atoms with van der Waals surface area (Å²) in [6.45, 7) is 3.68. The third kappa shape index (κ3) is 6.00. The molecule has 0 bridgehead atoms. The van der Waals surface area contributed by atoms with Crippen LogP contribution < -0.4 is 14.7 Å². The smallest absolute Gasteiger partial charge is 0.271 e. The molecule has 6 nitrogen and oxygen atoms in total. The highest BCUT2D eigenvalue weighted by Crippen LogP contribution is 2.37. The van der Waals surface area contributed by atoms with Gasteiger partial charge in [0.1, 0.15) is 12.4 Å². The van der Waals surface area contributed by atoms with Crippen molar-refractivity contribution in [3.8, 4) is 5.75 Å². The van der Waals surface area contributed by atoms with E-state index >= 15 is 0 Å². The van der Waals surface area contributed by atoms with E-state index in [9.17, 15) is 14.7 Å². The number of hydrogen-bond donors (Lipinski definition) is 0. The van der Waals surface area contributed by atoms with E-state index in [1.807, 2.05) is 48.5 Å². The van der Waals surface area contributed by atoms with E-state index in [-0.39, 0.29) is 5.91 Å². The van der Waals surface area contributed by atoms with Crippen molar-refractivity contribution in [3.05, 3.63) is 94.4 Å². The molecule has 1 fully saturated rings. The van der Waals surface area contributed by atoms with Crippen molar-refractivity contribution >= 4 is 46.3 Å². The minimum Gasteiger partial charge on any atom is -0.546 e. The Kier molecular flexibility index (Phi) is 7.67. The van der Waals surface area contributed by atoms with E-state index in [4.69, 9.17) is 9.73 Å². The number of carboxylic acid groups (broad SMARTS) is 1. The number of rotatable bonds is 8. The second-order valence-electron chi connectivity index (χ2n) is 7.92. The number of hydrogen-bond acceptors (Lipinski definition) is 6. The van der Waals surface area contributed by atoms with Gasteiger partial charge >= 0.3 is 0 Å². The predicted molar refractivity (Wildman–Crippen MR) is 139 cm³/mol. The number of carbonyl (C=O) groups is 2. The molecule has 1 aliphatic heterocycles. The van der Waals surface area contributed by atoms with Gasteiger partial charge in [-0.2, -0.15) is 0 Å². The van der Waals surface area contributed by atoms with Gasteiger partial charge < -0.3 is 14.6 Å². The lowest BCUT2D eigenvalue weighted by atomic mass is 10.1. The fraction of sp³-hybridized carbons (Fsp3) is 0.179. The van der Waals surface area contributed by atoms with Gasteiger partial charge in [0.05, 0.1) is 22.2 Å². The first-order chi connectivity index (χ1) is 17.0. The fourth-order valence-electron chi connectivity index (χ4n) is 3.53. The highest BCUT2D eigenvalue weighted by atomic mass is 32.2. The first-order valence-electron chi connectivity index (χ1n) is 11.4. The zero-order valence-corrected chi connectivity index (χ0v) is 20.4. The van der Waals surface area contributed by atoms with Crippen molar-refractivity contribution in [2.75, 3.05) is 11.5 Å². The number of carboxylic acids is 1. The maximum absolute atomic E-state index is 13.5. The van der Waals surface area contributed by atoms with Crippen LogP contribution in [0.4, 0.5) is 11.4 Å². The van der Waals surface area contributed by atoms with E-state index in [1.165, 1.54) is 22.9 Å². The monoisotopic (exact) mass is 485 g/mol. The van der Waals surface area contributed by atoms with E-state index in [0.717, 1.165) is 29.8 Å². The van der Waals surface area contributed by atoms with Crippen LogP contribution in [0, 0.1) is 0 Å². The van der Waals surface area contributed by atoms with Crippen LogP contribution in [0.1, 0.15) is 30.5 Å². The number of anilines is 1. The zero-order valence-electron chi connectivity index (χ0n) is 19.6. The first-order valence-corrected chi connectivity index (χ1v) is 12.2. The highest BCUT2D eigenvalue weighted by molar-refractivity contribution is 8.19. The van der Waals surface area contributed by atoms with Crippen LogP contribution in [0.5, 0.6) is 5.75 Å². The number of amidine groups is 1. The molecule has 3 aromatic carbocycles. The molecule has 1 aliphatic rings. The summed E-state index contributed by atoms with van der Waals surface area (Å²) in [5.74, 6) is -1.02. The van der Waals surface area contributed by atoms with Crippen LogP contribution >= 0.6 is 11.8 Å². The molecule has 178 valence electrons. The number of aliphatic carboxylic acids is 1. The molecule has 4 rings (SSSR count). The Morgan fingerprint density at radius 2 is 1.54 bits per heavy atom. The van der Waals surface area contributed by atoms with Gasteiger partial charge in [0, 0.05) is 0 Å². The van der Waals surface area contributed by atoms with Gasteiger partial charge in [-0.3, -0.25) is 9.69 Å². The van der Waals surface area contributed by atoms with Gasteiger partial charge in [-0.15, -0.1) is 0 Å². The number of benzene rings is 3. The molecular formula is C28H25N2O4S-. The number of aryl methyl sites for hydroxylation is 2. The number of thioether (sulfide) groups is 1. The van der Waals surface area contributed by atoms with Crippen LogP contribution in [-0.2, 0) is 22.4 Å². The van der Waals surface area contributed by atoms with Crippen molar-refractivity contribution in [1.29, 1.82) is 0 Å². The van der Waals surface area contributed by atoms with Gasteiger partial charge in [-0.25, -0.2) is 4.99 Å². The quantitative estimate of drug-likeness (QED) is 0.430. The Morgan fingerprint density at radius 1 is 0.943 bits per heavy atom. The molecule has 0 N–H and O–H groups in total. The maximum atomic E-state index is 13.5. The van der Waals surface area contributed by atoms with Crippen LogP contribution in [0.3, 0.4) is 0 Å². The third-order valence-corrected chi connectivity index (χ3v) is 6.48. The highest BCUT2D eigenvalue weighted by Gasteiger charge is 2.34. The van der Waals surface area contributed by atoms with E-state index in [2.05, 4.69) is 13.8 Å². The summed E-state index contributed by atoms with van der Waals surface area (Å²) < 4.78 is 5.12. The largest absolute Gasteiger partial charge is 0.546 e. The SMILES string of the molecule is CCc1ccc(N=C2SC(=Cc3ccc(OCC(=O)[O-])cc3)C(=O)N2c2ccc(CC)cc2)cc1. The Morgan fingerprint density at radius 3 is 2.11 bits per heavy atom. The first kappa shape index (κ1) is 24.3. The van der Waals surface area contributed by atoms with Gasteiger partial charge in [0.15, 0.2) is 5.17 Å². The topological polar surface area (TPSA) is 82.0 Å². The van der Waals surface area contributed by atoms with Crippen LogP contribution in [0.15, 0.2) is 82.7 Å². The molecule has 0 radical (unpaired) electrons. The lowest BCUT2D eigenvalue weighted by molar-refractivity contribution is -0.307. The van der Waals surface area contributed by atoms with Crippen molar-refractivity contribution in [1.82, 2.24) is 0 Å². The molecule has 0 spiro atoms.